The average Bonchev–Trinajstić information content (AvgIpc) is 3.26. The summed E-state index contributed by atoms with van der Waals surface area (Å²) in [7, 11) is 0. The summed E-state index contributed by atoms with van der Waals surface area (Å²) in [6.45, 7) is 8.99. The van der Waals surface area contributed by atoms with Crippen molar-refractivity contribution in [3.8, 4) is 11.3 Å². The molecule has 154 valence electrons. The number of esters is 1. The Morgan fingerprint density at radius 2 is 1.87 bits per heavy atom. The number of fused-ring (bicyclic) bond motifs is 1. The monoisotopic (exact) mass is 419 g/mol. The predicted octanol–water partition coefficient (Wildman–Crippen LogP) is 5.78. The zero-order valence-corrected chi connectivity index (χ0v) is 18.5. The van der Waals surface area contributed by atoms with Crippen LogP contribution in [0, 0.1) is 20.8 Å². The zero-order chi connectivity index (χ0) is 21.3. The third-order valence-corrected chi connectivity index (χ3v) is 6.37. The minimum Gasteiger partial charge on any atom is -0.462 e. The van der Waals surface area contributed by atoms with E-state index in [1.165, 1.54) is 28.0 Å². The molecule has 2 aromatic heterocycles. The third-order valence-electron chi connectivity index (χ3n) is 5.25. The molecule has 0 unspecified atom stereocenters. The summed E-state index contributed by atoms with van der Waals surface area (Å²) in [5.41, 5.74) is 6.44. The number of nitrogens with zero attached hydrogens (tertiary/aromatic N) is 2. The number of nitrogens with one attached hydrogen (secondary N) is 1. The van der Waals surface area contributed by atoms with Crippen LogP contribution < -0.4 is 5.32 Å². The maximum Gasteiger partial charge on any atom is 0.350 e. The van der Waals surface area contributed by atoms with E-state index >= 15 is 0 Å². The topological polar surface area (TPSA) is 55.6 Å². The van der Waals surface area contributed by atoms with Crippen LogP contribution in [0.5, 0.6) is 0 Å². The number of hydrogen-bond acceptors (Lipinski definition) is 5. The van der Waals surface area contributed by atoms with Gasteiger partial charge in [0.2, 0.25) is 0 Å². The van der Waals surface area contributed by atoms with Crippen molar-refractivity contribution in [2.24, 2.45) is 0 Å². The fraction of sp³-hybridized carbons (Fsp3) is 0.250. The maximum absolute atomic E-state index is 12.4. The number of aryl methyl sites for hydroxylation is 3. The Kier molecular flexibility index (Phi) is 5.59. The highest BCUT2D eigenvalue weighted by Crippen LogP contribution is 2.35. The minimum atomic E-state index is -0.299. The number of carbonyl (C=O) groups excluding carboxylic acids is 1. The summed E-state index contributed by atoms with van der Waals surface area (Å²) in [6.07, 6.45) is 0. The maximum atomic E-state index is 12.4. The van der Waals surface area contributed by atoms with Gasteiger partial charge < -0.3 is 10.1 Å². The Labute approximate surface area is 180 Å². The fourth-order valence-corrected chi connectivity index (χ4v) is 4.49. The molecule has 0 fully saturated rings. The lowest BCUT2D eigenvalue weighted by Gasteiger charge is -2.11. The van der Waals surface area contributed by atoms with E-state index in [9.17, 15) is 4.79 Å². The molecule has 0 aliphatic heterocycles. The summed E-state index contributed by atoms with van der Waals surface area (Å²) < 4.78 is 7.26. The lowest BCUT2D eigenvalue weighted by molar-refractivity contribution is 0.0531. The normalized spacial score (nSPS) is 11.1. The SMILES string of the molecule is CCOC(=O)c1sc2nc(-c3ccc(C)c(C)c3)c(NCc3ccccc3)n2c1C. The Balaban J connectivity index is 1.83. The standard InChI is InChI=1S/C24H25N3O2S/c1-5-29-23(28)21-17(4)27-22(25-14-18-9-7-6-8-10-18)20(26-24(27)30-21)19-12-11-15(2)16(3)13-19/h6-13,25H,5,14H2,1-4H3. The Morgan fingerprint density at radius 3 is 2.57 bits per heavy atom. The van der Waals surface area contributed by atoms with Crippen LogP contribution in [0.2, 0.25) is 0 Å². The van der Waals surface area contributed by atoms with Crippen molar-refractivity contribution in [3.63, 3.8) is 0 Å². The summed E-state index contributed by atoms with van der Waals surface area (Å²) in [5.74, 6) is 0.591. The number of imidazole rings is 1. The Bertz CT molecular complexity index is 1210. The highest BCUT2D eigenvalue weighted by molar-refractivity contribution is 7.19. The summed E-state index contributed by atoms with van der Waals surface area (Å²) >= 11 is 1.37. The van der Waals surface area contributed by atoms with Crippen molar-refractivity contribution in [1.29, 1.82) is 0 Å². The molecule has 0 bridgehead atoms. The molecule has 6 heteroatoms. The van der Waals surface area contributed by atoms with Crippen LogP contribution in [0.1, 0.15) is 39.0 Å². The molecule has 2 heterocycles. The van der Waals surface area contributed by atoms with Crippen molar-refractivity contribution < 1.29 is 9.53 Å². The summed E-state index contributed by atoms with van der Waals surface area (Å²) in [4.78, 5) is 18.7. The van der Waals surface area contributed by atoms with Crippen molar-refractivity contribution in [2.75, 3.05) is 11.9 Å². The number of ether oxygens (including phenoxy) is 1. The van der Waals surface area contributed by atoms with Crippen LogP contribution in [0.3, 0.4) is 0 Å². The lowest BCUT2D eigenvalue weighted by atomic mass is 10.0. The number of thiazole rings is 1. The first-order valence-electron chi connectivity index (χ1n) is 10.0. The molecular weight excluding hydrogens is 394 g/mol. The average molecular weight is 420 g/mol. The fourth-order valence-electron chi connectivity index (χ4n) is 3.47. The Morgan fingerprint density at radius 1 is 1.10 bits per heavy atom. The van der Waals surface area contributed by atoms with Gasteiger partial charge in [-0.15, -0.1) is 0 Å². The summed E-state index contributed by atoms with van der Waals surface area (Å²) in [6, 6.07) is 16.6. The molecule has 0 amide bonds. The first-order chi connectivity index (χ1) is 14.5. The molecule has 0 aliphatic rings. The van der Waals surface area contributed by atoms with E-state index in [1.807, 2.05) is 36.4 Å². The van der Waals surface area contributed by atoms with Gasteiger partial charge in [0.1, 0.15) is 16.4 Å². The molecular formula is C24H25N3O2S. The Hall–Kier alpha value is -3.12. The predicted molar refractivity (Wildman–Crippen MR) is 122 cm³/mol. The number of hydrogen-bond donors (Lipinski definition) is 1. The largest absolute Gasteiger partial charge is 0.462 e. The molecule has 0 radical (unpaired) electrons. The van der Waals surface area contributed by atoms with Crippen molar-refractivity contribution in [2.45, 2.75) is 34.2 Å². The van der Waals surface area contributed by atoms with E-state index in [-0.39, 0.29) is 5.97 Å². The second-order valence-corrected chi connectivity index (χ2v) is 8.28. The second-order valence-electron chi connectivity index (χ2n) is 7.30. The van der Waals surface area contributed by atoms with Gasteiger partial charge in [0, 0.05) is 17.8 Å². The van der Waals surface area contributed by atoms with Gasteiger partial charge in [-0.2, -0.15) is 0 Å². The van der Waals surface area contributed by atoms with E-state index < -0.39 is 0 Å². The van der Waals surface area contributed by atoms with Crippen LogP contribution in [-0.4, -0.2) is 22.0 Å². The smallest absolute Gasteiger partial charge is 0.350 e. The number of rotatable bonds is 6. The molecule has 30 heavy (non-hydrogen) atoms. The van der Waals surface area contributed by atoms with E-state index in [0.717, 1.165) is 27.7 Å². The van der Waals surface area contributed by atoms with Gasteiger partial charge in [-0.25, -0.2) is 9.78 Å². The molecule has 0 saturated heterocycles. The zero-order valence-electron chi connectivity index (χ0n) is 17.7. The van der Waals surface area contributed by atoms with Gasteiger partial charge in [-0.3, -0.25) is 4.40 Å². The molecule has 4 aromatic rings. The highest BCUT2D eigenvalue weighted by atomic mass is 32.1. The first-order valence-corrected chi connectivity index (χ1v) is 10.9. The molecule has 5 nitrogen and oxygen atoms in total. The molecule has 2 aromatic carbocycles. The molecule has 0 spiro atoms. The van der Waals surface area contributed by atoms with E-state index in [2.05, 4.69) is 49.5 Å². The van der Waals surface area contributed by atoms with Crippen LogP contribution in [-0.2, 0) is 11.3 Å². The number of benzene rings is 2. The molecule has 4 rings (SSSR count). The van der Waals surface area contributed by atoms with E-state index in [1.54, 1.807) is 0 Å². The highest BCUT2D eigenvalue weighted by Gasteiger charge is 2.23. The van der Waals surface area contributed by atoms with Gasteiger partial charge in [0.15, 0.2) is 4.96 Å². The second kappa shape index (κ2) is 8.32. The first kappa shape index (κ1) is 20.2. The minimum absolute atomic E-state index is 0.299. The van der Waals surface area contributed by atoms with E-state index in [0.29, 0.717) is 18.0 Å². The van der Waals surface area contributed by atoms with Gasteiger partial charge in [0.25, 0.3) is 0 Å². The number of aromatic nitrogens is 2. The lowest BCUT2D eigenvalue weighted by Crippen LogP contribution is -2.07. The van der Waals surface area contributed by atoms with Crippen molar-refractivity contribution >= 4 is 28.1 Å². The third kappa shape index (κ3) is 3.71. The molecule has 1 N–H and O–H groups in total. The molecule has 0 atom stereocenters. The molecule has 0 aliphatic carbocycles. The van der Waals surface area contributed by atoms with Crippen molar-refractivity contribution in [3.05, 3.63) is 75.8 Å². The summed E-state index contributed by atoms with van der Waals surface area (Å²) in [5, 5.41) is 3.57. The van der Waals surface area contributed by atoms with Gasteiger partial charge in [-0.1, -0.05) is 53.8 Å². The van der Waals surface area contributed by atoms with Gasteiger partial charge in [0.05, 0.1) is 6.61 Å². The van der Waals surface area contributed by atoms with Crippen LogP contribution in [0.25, 0.3) is 16.2 Å². The van der Waals surface area contributed by atoms with E-state index in [4.69, 9.17) is 9.72 Å². The van der Waals surface area contributed by atoms with Crippen LogP contribution in [0.4, 0.5) is 5.82 Å². The van der Waals surface area contributed by atoms with Crippen molar-refractivity contribution in [1.82, 2.24) is 9.38 Å². The van der Waals surface area contributed by atoms with Crippen LogP contribution >= 0.6 is 11.3 Å². The van der Waals surface area contributed by atoms with Gasteiger partial charge >= 0.3 is 5.97 Å². The number of anilines is 1. The molecule has 0 saturated carbocycles. The quantitative estimate of drug-likeness (QED) is 0.403. The van der Waals surface area contributed by atoms with Gasteiger partial charge in [-0.05, 0) is 50.5 Å². The number of carbonyl (C=O) groups is 1. The van der Waals surface area contributed by atoms with Crippen LogP contribution in [0.15, 0.2) is 48.5 Å².